The smallest absolute Gasteiger partial charge is 0.248 e. The van der Waals surface area contributed by atoms with E-state index in [-0.39, 0.29) is 5.91 Å². The first kappa shape index (κ1) is 16.3. The Bertz CT molecular complexity index is 914. The first-order chi connectivity index (χ1) is 12.1. The summed E-state index contributed by atoms with van der Waals surface area (Å²) in [4.78, 5) is 12.1. The second-order valence-electron chi connectivity index (χ2n) is 5.66. The van der Waals surface area contributed by atoms with E-state index in [0.717, 1.165) is 22.4 Å². The molecule has 0 atom stereocenters. The Morgan fingerprint density at radius 2 is 1.60 bits per heavy atom. The summed E-state index contributed by atoms with van der Waals surface area (Å²) in [6.07, 6.45) is 3.27. The third kappa shape index (κ3) is 4.26. The Hall–Kier alpha value is -3.53. The monoisotopic (exact) mass is 329 g/mol. The Kier molecular flexibility index (Phi) is 4.81. The van der Waals surface area contributed by atoms with E-state index < -0.39 is 0 Å². The first-order valence-electron chi connectivity index (χ1n) is 7.91. The lowest BCUT2D eigenvalue weighted by atomic mass is 10.0. The molecule has 0 saturated carbocycles. The lowest BCUT2D eigenvalue weighted by molar-refractivity contribution is -0.111. The molecule has 3 aromatic rings. The minimum absolute atomic E-state index is 0.226. The molecule has 3 rings (SSSR count). The molecule has 0 spiro atoms. The average Bonchev–Trinajstić information content (AvgIpc) is 2.63. The highest BCUT2D eigenvalue weighted by atomic mass is 16.1. The molecule has 0 aromatic heterocycles. The molecule has 0 fully saturated rings. The number of carbonyl (C=O) groups is 1. The fourth-order valence-corrected chi connectivity index (χ4v) is 2.45. The summed E-state index contributed by atoms with van der Waals surface area (Å²) in [5.41, 5.74) is 16.5. The highest BCUT2D eigenvalue weighted by molar-refractivity contribution is 6.03. The van der Waals surface area contributed by atoms with Gasteiger partial charge >= 0.3 is 0 Å². The van der Waals surface area contributed by atoms with Crippen LogP contribution in [-0.2, 0) is 4.79 Å². The van der Waals surface area contributed by atoms with Crippen LogP contribution < -0.4 is 16.8 Å². The van der Waals surface area contributed by atoms with E-state index in [1.807, 2.05) is 60.7 Å². The number of anilines is 3. The van der Waals surface area contributed by atoms with Crippen molar-refractivity contribution in [2.24, 2.45) is 0 Å². The maximum absolute atomic E-state index is 12.1. The van der Waals surface area contributed by atoms with Crippen LogP contribution in [0.1, 0.15) is 5.56 Å². The SMILES string of the molecule is Nc1ccc(-c2cccc(/C=C/C(=O)Nc3ccccc3N)c2)cc1. The molecule has 4 heteroatoms. The fourth-order valence-electron chi connectivity index (χ4n) is 2.45. The maximum atomic E-state index is 12.1. The van der Waals surface area contributed by atoms with Crippen molar-refractivity contribution >= 4 is 29.0 Å². The highest BCUT2D eigenvalue weighted by Gasteiger charge is 2.02. The number of benzene rings is 3. The molecular weight excluding hydrogens is 310 g/mol. The summed E-state index contributed by atoms with van der Waals surface area (Å²) in [5.74, 6) is -0.226. The van der Waals surface area contributed by atoms with Crippen LogP contribution in [-0.4, -0.2) is 5.91 Å². The summed E-state index contributed by atoms with van der Waals surface area (Å²) in [5, 5.41) is 2.77. The van der Waals surface area contributed by atoms with E-state index in [1.54, 1.807) is 18.2 Å². The number of hydrogen-bond donors (Lipinski definition) is 3. The highest BCUT2D eigenvalue weighted by Crippen LogP contribution is 2.22. The maximum Gasteiger partial charge on any atom is 0.248 e. The van der Waals surface area contributed by atoms with E-state index in [1.165, 1.54) is 6.08 Å². The number of rotatable bonds is 4. The topological polar surface area (TPSA) is 81.1 Å². The van der Waals surface area contributed by atoms with Gasteiger partial charge in [0, 0.05) is 11.8 Å². The fraction of sp³-hybridized carbons (Fsp3) is 0. The number of hydrogen-bond acceptors (Lipinski definition) is 3. The van der Waals surface area contributed by atoms with E-state index in [0.29, 0.717) is 11.4 Å². The van der Waals surface area contributed by atoms with Gasteiger partial charge in [-0.1, -0.05) is 42.5 Å². The normalized spacial score (nSPS) is 10.7. The molecule has 0 saturated heterocycles. The summed E-state index contributed by atoms with van der Waals surface area (Å²) < 4.78 is 0. The molecule has 0 aliphatic rings. The zero-order valence-electron chi connectivity index (χ0n) is 13.6. The summed E-state index contributed by atoms with van der Waals surface area (Å²) >= 11 is 0. The van der Waals surface area contributed by atoms with E-state index >= 15 is 0 Å². The van der Waals surface area contributed by atoms with Gasteiger partial charge in [0.15, 0.2) is 0 Å². The first-order valence-corrected chi connectivity index (χ1v) is 7.91. The standard InChI is InChI=1S/C21H19N3O/c22-18-11-9-16(10-12-18)17-5-3-4-15(14-17)8-13-21(25)24-20-7-2-1-6-19(20)23/h1-14H,22-23H2,(H,24,25)/b13-8+. The van der Waals surface area contributed by atoms with Crippen LogP contribution in [0.4, 0.5) is 17.1 Å². The molecule has 0 heterocycles. The van der Waals surface area contributed by atoms with Crippen LogP contribution in [0.15, 0.2) is 78.9 Å². The van der Waals surface area contributed by atoms with Gasteiger partial charge < -0.3 is 16.8 Å². The molecule has 25 heavy (non-hydrogen) atoms. The van der Waals surface area contributed by atoms with E-state index in [4.69, 9.17) is 11.5 Å². The second kappa shape index (κ2) is 7.36. The van der Waals surface area contributed by atoms with Crippen LogP contribution >= 0.6 is 0 Å². The number of amides is 1. The predicted octanol–water partition coefficient (Wildman–Crippen LogP) is 4.17. The van der Waals surface area contributed by atoms with Gasteiger partial charge in [-0.15, -0.1) is 0 Å². The Balaban J connectivity index is 1.73. The lowest BCUT2D eigenvalue weighted by Gasteiger charge is -2.05. The molecule has 5 N–H and O–H groups in total. The van der Waals surface area contributed by atoms with Crippen molar-refractivity contribution in [1.29, 1.82) is 0 Å². The number of para-hydroxylation sites is 2. The van der Waals surface area contributed by atoms with Crippen molar-refractivity contribution in [3.8, 4) is 11.1 Å². The average molecular weight is 329 g/mol. The van der Waals surface area contributed by atoms with Crippen molar-refractivity contribution in [2.45, 2.75) is 0 Å². The largest absolute Gasteiger partial charge is 0.399 e. The molecule has 0 bridgehead atoms. The molecule has 0 aliphatic carbocycles. The van der Waals surface area contributed by atoms with E-state index in [2.05, 4.69) is 5.32 Å². The Labute approximate surface area is 146 Å². The summed E-state index contributed by atoms with van der Waals surface area (Å²) in [6.45, 7) is 0. The van der Waals surface area contributed by atoms with Crippen LogP contribution in [0, 0.1) is 0 Å². The minimum Gasteiger partial charge on any atom is -0.399 e. The van der Waals surface area contributed by atoms with Gasteiger partial charge in [-0.2, -0.15) is 0 Å². The molecule has 0 radical (unpaired) electrons. The van der Waals surface area contributed by atoms with Crippen molar-refractivity contribution < 1.29 is 4.79 Å². The molecule has 0 aliphatic heterocycles. The van der Waals surface area contributed by atoms with Crippen LogP contribution in [0.5, 0.6) is 0 Å². The van der Waals surface area contributed by atoms with Gasteiger partial charge in [0.2, 0.25) is 5.91 Å². The minimum atomic E-state index is -0.226. The number of carbonyl (C=O) groups excluding carboxylic acids is 1. The van der Waals surface area contributed by atoms with Crippen LogP contribution in [0.3, 0.4) is 0 Å². The third-order valence-electron chi connectivity index (χ3n) is 3.78. The summed E-state index contributed by atoms with van der Waals surface area (Å²) in [6, 6.07) is 22.8. The van der Waals surface area contributed by atoms with Gasteiger partial charge in [0.05, 0.1) is 11.4 Å². The number of nitrogens with two attached hydrogens (primary N) is 2. The summed E-state index contributed by atoms with van der Waals surface area (Å²) in [7, 11) is 0. The quantitative estimate of drug-likeness (QED) is 0.496. The van der Waals surface area contributed by atoms with Gasteiger partial charge in [-0.25, -0.2) is 0 Å². The predicted molar refractivity (Wildman–Crippen MR) is 105 cm³/mol. The number of nitrogen functional groups attached to an aromatic ring is 2. The van der Waals surface area contributed by atoms with Crippen molar-refractivity contribution in [2.75, 3.05) is 16.8 Å². The molecule has 4 nitrogen and oxygen atoms in total. The van der Waals surface area contributed by atoms with E-state index in [9.17, 15) is 4.79 Å². The van der Waals surface area contributed by atoms with Crippen molar-refractivity contribution in [1.82, 2.24) is 0 Å². The molecule has 124 valence electrons. The lowest BCUT2D eigenvalue weighted by Crippen LogP contribution is -2.09. The van der Waals surface area contributed by atoms with Crippen molar-refractivity contribution in [3.05, 3.63) is 84.4 Å². The molecule has 0 unspecified atom stereocenters. The van der Waals surface area contributed by atoms with Gasteiger partial charge in [0.25, 0.3) is 0 Å². The van der Waals surface area contributed by atoms with Gasteiger partial charge in [0.1, 0.15) is 0 Å². The van der Waals surface area contributed by atoms with Gasteiger partial charge in [-0.05, 0) is 53.1 Å². The Morgan fingerprint density at radius 1 is 0.840 bits per heavy atom. The van der Waals surface area contributed by atoms with Crippen LogP contribution in [0.2, 0.25) is 0 Å². The zero-order valence-corrected chi connectivity index (χ0v) is 13.6. The van der Waals surface area contributed by atoms with Gasteiger partial charge in [-0.3, -0.25) is 4.79 Å². The Morgan fingerprint density at radius 3 is 2.36 bits per heavy atom. The molecule has 3 aromatic carbocycles. The molecule has 1 amide bonds. The van der Waals surface area contributed by atoms with Crippen LogP contribution in [0.25, 0.3) is 17.2 Å². The van der Waals surface area contributed by atoms with Crippen molar-refractivity contribution in [3.63, 3.8) is 0 Å². The zero-order chi connectivity index (χ0) is 17.6. The second-order valence-corrected chi connectivity index (χ2v) is 5.66. The third-order valence-corrected chi connectivity index (χ3v) is 3.78. The number of nitrogens with one attached hydrogen (secondary N) is 1. The molecular formula is C21H19N3O.